The Kier molecular flexibility index (Phi) is 18.5. The third-order valence-corrected chi connectivity index (χ3v) is 13.9. The van der Waals surface area contributed by atoms with Crippen molar-refractivity contribution in [3.8, 4) is 11.5 Å². The smallest absolute Gasteiger partial charge is 0.338 e. The van der Waals surface area contributed by atoms with E-state index in [2.05, 4.69) is 24.9 Å². The van der Waals surface area contributed by atoms with E-state index in [9.17, 15) is 33.6 Å². The van der Waals surface area contributed by atoms with Crippen molar-refractivity contribution < 1.29 is 66.7 Å². The highest BCUT2D eigenvalue weighted by Gasteiger charge is 2.37. The quantitative estimate of drug-likeness (QED) is 0.0346. The third-order valence-electron chi connectivity index (χ3n) is 11.3. The molecule has 0 unspecified atom stereocenters. The second-order valence-corrected chi connectivity index (χ2v) is 18.0. The number of rotatable bonds is 18. The topological polar surface area (TPSA) is 188 Å². The van der Waals surface area contributed by atoms with Crippen molar-refractivity contribution in [2.24, 2.45) is 29.6 Å². The molecular weight excluding hydrogens is 843 g/mol. The first-order valence-electron chi connectivity index (χ1n) is 21.1. The van der Waals surface area contributed by atoms with Gasteiger partial charge in [0.25, 0.3) is 5.70 Å². The molecule has 0 spiro atoms. The number of thioether (sulfide) groups is 2. The van der Waals surface area contributed by atoms with E-state index in [1.807, 2.05) is 0 Å². The van der Waals surface area contributed by atoms with Crippen molar-refractivity contribution in [2.45, 2.75) is 113 Å². The van der Waals surface area contributed by atoms with Crippen LogP contribution < -0.4 is 9.47 Å². The molecule has 0 bridgehead atoms. The number of unbranched alkanes of at least 4 members (excludes halogenated alkanes) is 1. The predicted octanol–water partition coefficient (Wildman–Crippen LogP) is 7.84. The first kappa shape index (κ1) is 48.0. The number of ether oxygens (including phenoxy) is 7. The summed E-state index contributed by atoms with van der Waals surface area (Å²) in [7, 11) is 0. The molecule has 17 heteroatoms. The van der Waals surface area contributed by atoms with Crippen LogP contribution in [0.3, 0.4) is 0 Å². The van der Waals surface area contributed by atoms with Gasteiger partial charge in [0.1, 0.15) is 30.8 Å². The molecule has 334 valence electrons. The number of carbonyl (C=O) groups is 7. The summed E-state index contributed by atoms with van der Waals surface area (Å²) in [4.78, 5) is 92.2. The monoisotopic (exact) mass is 895 g/mol. The molecule has 1 aromatic carbocycles. The number of hydrogen-bond donors (Lipinski definition) is 0. The molecular formula is C45H53NO14S2. The van der Waals surface area contributed by atoms with Gasteiger partial charge < -0.3 is 33.2 Å². The highest BCUT2D eigenvalue weighted by molar-refractivity contribution is 8.24. The van der Waals surface area contributed by atoms with E-state index in [4.69, 9.17) is 39.7 Å². The number of carbonyl (C=O) groups excluding carboxylic acids is 7. The van der Waals surface area contributed by atoms with Crippen LogP contribution in [0.4, 0.5) is 0 Å². The van der Waals surface area contributed by atoms with E-state index < -0.39 is 29.8 Å². The predicted molar refractivity (Wildman–Crippen MR) is 225 cm³/mol. The lowest BCUT2D eigenvalue weighted by Gasteiger charge is -2.30. The Morgan fingerprint density at radius 2 is 1.05 bits per heavy atom. The zero-order valence-corrected chi connectivity index (χ0v) is 36.5. The van der Waals surface area contributed by atoms with Gasteiger partial charge >= 0.3 is 41.8 Å². The Hall–Kier alpha value is -5.08. The normalized spacial score (nSPS) is 23.8. The van der Waals surface area contributed by atoms with Crippen molar-refractivity contribution in [3.63, 3.8) is 0 Å². The average Bonchev–Trinajstić information content (AvgIpc) is 3.73. The van der Waals surface area contributed by atoms with Gasteiger partial charge in [-0.2, -0.15) is 0 Å². The van der Waals surface area contributed by atoms with Gasteiger partial charge in [-0.1, -0.05) is 43.6 Å². The summed E-state index contributed by atoms with van der Waals surface area (Å²) in [5.41, 5.74) is -0.334. The molecule has 0 atom stereocenters. The van der Waals surface area contributed by atoms with Crippen molar-refractivity contribution in [3.05, 3.63) is 58.8 Å². The summed E-state index contributed by atoms with van der Waals surface area (Å²) in [5, 5.41) is 0. The van der Waals surface area contributed by atoms with Gasteiger partial charge in [-0.25, -0.2) is 14.4 Å². The summed E-state index contributed by atoms with van der Waals surface area (Å²) >= 11 is 2.07. The standard InChI is InChI=1S/C45H53NO14S2/c1-5-35(47)54-23-7-8-24-56-40(49)28-13-15-30(16-14-28)41(50)58-32-19-17-31(18-20-32)43(52)60-34-22-21-33(59-42(51)29-11-9-27(3)10-12-29)38-39(34)62-45(61-38)37(46-4)44(53)57-26-25-55-36(48)6-2/h5-6,21-22,27-32H,1-2,7-20,23-26H2,3H3. The summed E-state index contributed by atoms with van der Waals surface area (Å²) < 4.78 is 38.3. The van der Waals surface area contributed by atoms with E-state index in [-0.39, 0.29) is 89.6 Å². The minimum absolute atomic E-state index is 0.178. The Morgan fingerprint density at radius 3 is 1.56 bits per heavy atom. The van der Waals surface area contributed by atoms with Crippen LogP contribution in [-0.2, 0) is 57.2 Å². The highest BCUT2D eigenvalue weighted by atomic mass is 32.2. The number of nitrogens with zero attached hydrogens (tertiary/aromatic N) is 1. The fraction of sp³-hybridized carbons (Fsp3) is 0.556. The molecule has 1 aliphatic heterocycles. The van der Waals surface area contributed by atoms with Gasteiger partial charge in [0.15, 0.2) is 0 Å². The van der Waals surface area contributed by atoms with Gasteiger partial charge in [0.2, 0.25) is 0 Å². The van der Waals surface area contributed by atoms with Crippen LogP contribution in [0.1, 0.15) is 96.8 Å². The van der Waals surface area contributed by atoms with Crippen molar-refractivity contribution in [1.29, 1.82) is 0 Å². The van der Waals surface area contributed by atoms with E-state index in [1.54, 1.807) is 6.07 Å². The zero-order valence-electron chi connectivity index (χ0n) is 34.9. The Morgan fingerprint density at radius 1 is 0.613 bits per heavy atom. The van der Waals surface area contributed by atoms with Crippen molar-refractivity contribution in [2.75, 3.05) is 26.4 Å². The molecule has 62 heavy (non-hydrogen) atoms. The van der Waals surface area contributed by atoms with Gasteiger partial charge in [0.05, 0.1) is 57.5 Å². The Balaban J connectivity index is 1.13. The van der Waals surface area contributed by atoms with E-state index in [0.29, 0.717) is 92.8 Å². The number of benzene rings is 1. The van der Waals surface area contributed by atoms with Crippen LogP contribution in [0.25, 0.3) is 4.85 Å². The summed E-state index contributed by atoms with van der Waals surface area (Å²) in [6.07, 6.45) is 9.95. The minimum Gasteiger partial charge on any atom is -0.467 e. The highest BCUT2D eigenvalue weighted by Crippen LogP contribution is 2.59. The SMILES string of the molecule is [C-]#[N+]C(C(=O)OCCOC(=O)C=C)=C1Sc2c(OC(=O)C3CCC(C)CC3)ccc(OC(=O)C3CCC(OC(=O)C4CCC(C(=O)OCCCCOC(=O)C=C)CC4)CC3)c2S1. The Bertz CT molecular complexity index is 1930. The van der Waals surface area contributed by atoms with Crippen LogP contribution in [0, 0.1) is 36.2 Å². The molecule has 1 heterocycles. The maximum atomic E-state index is 13.6. The molecule has 0 radical (unpaired) electrons. The average molecular weight is 896 g/mol. The first-order valence-corrected chi connectivity index (χ1v) is 22.7. The molecule has 1 aromatic rings. The molecule has 3 fully saturated rings. The molecule has 5 rings (SSSR count). The number of fused-ring (bicyclic) bond motifs is 1. The number of hydrogen-bond acceptors (Lipinski definition) is 16. The maximum absolute atomic E-state index is 13.6. The van der Waals surface area contributed by atoms with Gasteiger partial charge in [0, 0.05) is 12.2 Å². The van der Waals surface area contributed by atoms with Gasteiger partial charge in [-0.15, -0.1) is 0 Å². The summed E-state index contributed by atoms with van der Waals surface area (Å²) in [6, 6.07) is 3.09. The minimum atomic E-state index is -0.939. The Labute approximate surface area is 369 Å². The number of esters is 7. The largest absolute Gasteiger partial charge is 0.467 e. The second-order valence-electron chi connectivity index (χ2n) is 15.7. The molecule has 0 N–H and O–H groups in total. The molecule has 0 amide bonds. The molecule has 0 saturated heterocycles. The van der Waals surface area contributed by atoms with Crippen LogP contribution in [0.5, 0.6) is 11.5 Å². The first-order chi connectivity index (χ1) is 29.9. The lowest BCUT2D eigenvalue weighted by Crippen LogP contribution is -2.33. The zero-order chi connectivity index (χ0) is 44.6. The lowest BCUT2D eigenvalue weighted by molar-refractivity contribution is -0.160. The molecule has 3 aliphatic carbocycles. The fourth-order valence-corrected chi connectivity index (χ4v) is 10.2. The summed E-state index contributed by atoms with van der Waals surface area (Å²) in [6.45, 7) is 16.5. The summed E-state index contributed by atoms with van der Waals surface area (Å²) in [5.74, 6) is -3.97. The third kappa shape index (κ3) is 13.7. The lowest BCUT2D eigenvalue weighted by atomic mass is 9.82. The molecule has 0 aromatic heterocycles. The van der Waals surface area contributed by atoms with E-state index in [1.165, 1.54) is 6.07 Å². The van der Waals surface area contributed by atoms with Crippen LogP contribution in [0.2, 0.25) is 0 Å². The van der Waals surface area contributed by atoms with Gasteiger partial charge in [-0.05, 0) is 108 Å². The van der Waals surface area contributed by atoms with Crippen LogP contribution in [-0.4, -0.2) is 74.3 Å². The van der Waals surface area contributed by atoms with Crippen LogP contribution >= 0.6 is 23.5 Å². The molecule has 15 nitrogen and oxygen atoms in total. The maximum Gasteiger partial charge on any atom is 0.338 e. The van der Waals surface area contributed by atoms with E-state index >= 15 is 0 Å². The molecule has 3 saturated carbocycles. The molecule has 4 aliphatic rings. The second kappa shape index (κ2) is 23.9. The van der Waals surface area contributed by atoms with Gasteiger partial charge in [-0.3, -0.25) is 24.0 Å². The van der Waals surface area contributed by atoms with Crippen LogP contribution in [0.15, 0.2) is 57.2 Å². The van der Waals surface area contributed by atoms with E-state index in [0.717, 1.165) is 48.5 Å². The van der Waals surface area contributed by atoms with Crippen molar-refractivity contribution in [1.82, 2.24) is 0 Å². The van der Waals surface area contributed by atoms with Crippen molar-refractivity contribution >= 4 is 65.3 Å². The fourth-order valence-electron chi connectivity index (χ4n) is 7.61.